The number of nitrogens with zero attached hydrogens (tertiary/aromatic N) is 1. The molecular weight excluding hydrogens is 200 g/mol. The van der Waals surface area contributed by atoms with Crippen LogP contribution in [0.2, 0.25) is 0 Å². The van der Waals surface area contributed by atoms with Crippen LogP contribution < -0.4 is 5.73 Å². The lowest BCUT2D eigenvalue weighted by Gasteiger charge is -2.34. The first-order chi connectivity index (χ1) is 6.49. The van der Waals surface area contributed by atoms with Crippen molar-refractivity contribution < 1.29 is 9.90 Å². The molecule has 0 aromatic heterocycles. The van der Waals surface area contributed by atoms with Crippen LogP contribution in [0.1, 0.15) is 19.8 Å². The van der Waals surface area contributed by atoms with E-state index in [2.05, 4.69) is 12.2 Å². The molecular formula is C9H16N2O2S. The van der Waals surface area contributed by atoms with Crippen molar-refractivity contribution in [1.82, 2.24) is 4.90 Å². The topological polar surface area (TPSA) is 66.6 Å². The highest BCUT2D eigenvalue weighted by Crippen LogP contribution is 2.16. The number of hydrogen-bond acceptors (Lipinski definition) is 3. The van der Waals surface area contributed by atoms with E-state index in [1.165, 1.54) is 0 Å². The van der Waals surface area contributed by atoms with Crippen molar-refractivity contribution in [3.8, 4) is 0 Å². The molecule has 3 N–H and O–H groups in total. The van der Waals surface area contributed by atoms with E-state index >= 15 is 0 Å². The minimum absolute atomic E-state index is 0.0805. The Morgan fingerprint density at radius 1 is 1.64 bits per heavy atom. The van der Waals surface area contributed by atoms with Gasteiger partial charge in [-0.05, 0) is 12.3 Å². The number of thiocarbonyl (C=S) groups is 1. The van der Waals surface area contributed by atoms with Crippen LogP contribution in [0.5, 0.6) is 0 Å². The molecule has 0 bridgehead atoms. The number of carbonyl (C=O) groups is 1. The average Bonchev–Trinajstić information content (AvgIpc) is 2.00. The molecule has 0 radical (unpaired) electrons. The maximum absolute atomic E-state index is 11.5. The molecule has 1 heterocycles. The Kier molecular flexibility index (Phi) is 3.83. The summed E-state index contributed by atoms with van der Waals surface area (Å²) in [5.41, 5.74) is 5.29. The van der Waals surface area contributed by atoms with Gasteiger partial charge in [-0.15, -0.1) is 0 Å². The minimum Gasteiger partial charge on any atom is -0.393 e. The first kappa shape index (κ1) is 11.4. The predicted molar refractivity (Wildman–Crippen MR) is 57.8 cm³/mol. The molecule has 0 aromatic rings. The summed E-state index contributed by atoms with van der Waals surface area (Å²) in [4.78, 5) is 13.4. The van der Waals surface area contributed by atoms with Gasteiger partial charge in [-0.25, -0.2) is 0 Å². The fourth-order valence-electron chi connectivity index (χ4n) is 1.78. The van der Waals surface area contributed by atoms with Gasteiger partial charge in [-0.2, -0.15) is 0 Å². The van der Waals surface area contributed by atoms with E-state index in [1.807, 2.05) is 6.92 Å². The highest BCUT2D eigenvalue weighted by atomic mass is 32.1. The summed E-state index contributed by atoms with van der Waals surface area (Å²) in [6.45, 7) is 3.12. The van der Waals surface area contributed by atoms with Gasteiger partial charge in [-0.3, -0.25) is 4.79 Å². The lowest BCUT2D eigenvalue weighted by molar-refractivity contribution is -0.134. The maximum atomic E-state index is 11.5. The molecule has 0 saturated carbocycles. The zero-order valence-corrected chi connectivity index (χ0v) is 9.09. The molecule has 0 aliphatic carbocycles. The average molecular weight is 216 g/mol. The molecule has 80 valence electrons. The molecule has 1 aliphatic heterocycles. The fourth-order valence-corrected chi connectivity index (χ4v) is 1.91. The van der Waals surface area contributed by atoms with Crippen molar-refractivity contribution in [2.75, 3.05) is 13.1 Å². The molecule has 4 nitrogen and oxygen atoms in total. The summed E-state index contributed by atoms with van der Waals surface area (Å²) < 4.78 is 0. The van der Waals surface area contributed by atoms with Crippen LogP contribution in [0.15, 0.2) is 0 Å². The first-order valence-electron chi connectivity index (χ1n) is 4.73. The van der Waals surface area contributed by atoms with Crippen molar-refractivity contribution in [3.05, 3.63) is 0 Å². The smallest absolute Gasteiger partial charge is 0.229 e. The molecule has 1 fully saturated rings. The van der Waals surface area contributed by atoms with Gasteiger partial charge >= 0.3 is 0 Å². The van der Waals surface area contributed by atoms with Crippen LogP contribution in [-0.2, 0) is 4.79 Å². The van der Waals surface area contributed by atoms with Gasteiger partial charge in [0, 0.05) is 13.1 Å². The van der Waals surface area contributed by atoms with E-state index < -0.39 is 6.10 Å². The van der Waals surface area contributed by atoms with Crippen LogP contribution in [0.3, 0.4) is 0 Å². The summed E-state index contributed by atoms with van der Waals surface area (Å²) in [5, 5.41) is 9.48. The third-order valence-corrected chi connectivity index (χ3v) is 2.46. The van der Waals surface area contributed by atoms with Gasteiger partial charge in [0.1, 0.15) is 0 Å². The summed E-state index contributed by atoms with van der Waals surface area (Å²) in [6, 6.07) is 0. The maximum Gasteiger partial charge on any atom is 0.229 e. The van der Waals surface area contributed by atoms with E-state index in [1.54, 1.807) is 4.90 Å². The first-order valence-corrected chi connectivity index (χ1v) is 5.14. The molecule has 5 heteroatoms. The van der Waals surface area contributed by atoms with Crippen molar-refractivity contribution in [2.45, 2.75) is 25.9 Å². The number of piperidine rings is 1. The Hall–Kier alpha value is -0.680. The number of nitrogens with two attached hydrogens (primary N) is 1. The van der Waals surface area contributed by atoms with Gasteiger partial charge in [0.05, 0.1) is 17.5 Å². The van der Waals surface area contributed by atoms with Crippen molar-refractivity contribution in [3.63, 3.8) is 0 Å². The molecule has 1 saturated heterocycles. The van der Waals surface area contributed by atoms with Crippen LogP contribution >= 0.6 is 12.2 Å². The number of aliphatic hydroxyl groups is 1. The molecule has 1 amide bonds. The number of aliphatic hydroxyl groups excluding tert-OH is 1. The molecule has 1 aliphatic rings. The van der Waals surface area contributed by atoms with Gasteiger partial charge in [0.2, 0.25) is 5.91 Å². The Labute approximate surface area is 89.1 Å². The third-order valence-electron chi connectivity index (χ3n) is 2.32. The van der Waals surface area contributed by atoms with Crippen molar-refractivity contribution in [1.29, 1.82) is 0 Å². The van der Waals surface area contributed by atoms with Gasteiger partial charge in [0.15, 0.2) is 0 Å². The van der Waals surface area contributed by atoms with E-state index in [9.17, 15) is 9.90 Å². The lowest BCUT2D eigenvalue weighted by Crippen LogP contribution is -2.46. The number of hydrogen-bond donors (Lipinski definition) is 2. The summed E-state index contributed by atoms with van der Waals surface area (Å²) in [6.07, 6.45) is 0.458. The molecule has 0 aromatic carbocycles. The van der Waals surface area contributed by atoms with Gasteiger partial charge < -0.3 is 15.7 Å². The van der Waals surface area contributed by atoms with Crippen LogP contribution in [-0.4, -0.2) is 40.1 Å². The van der Waals surface area contributed by atoms with E-state index in [-0.39, 0.29) is 17.3 Å². The number of carbonyl (C=O) groups excluding carboxylic acids is 1. The van der Waals surface area contributed by atoms with Crippen molar-refractivity contribution in [2.24, 2.45) is 11.7 Å². The molecule has 0 spiro atoms. The van der Waals surface area contributed by atoms with E-state index in [4.69, 9.17) is 5.73 Å². The van der Waals surface area contributed by atoms with Crippen LogP contribution in [0, 0.1) is 5.92 Å². The molecule has 0 unspecified atom stereocenters. The van der Waals surface area contributed by atoms with Crippen molar-refractivity contribution >= 4 is 23.1 Å². The second-order valence-corrected chi connectivity index (χ2v) is 4.46. The number of amides is 1. The molecule has 2 atom stereocenters. The summed E-state index contributed by atoms with van der Waals surface area (Å²) in [5.74, 6) is 0.261. The van der Waals surface area contributed by atoms with Crippen LogP contribution in [0.25, 0.3) is 0 Å². The summed E-state index contributed by atoms with van der Waals surface area (Å²) in [7, 11) is 0. The zero-order chi connectivity index (χ0) is 10.7. The number of β-amino-alcohol motifs (C(OH)–C–C–N with tert-alkyl or cyclic N) is 1. The lowest BCUT2D eigenvalue weighted by atomic mass is 9.98. The standard InChI is InChI=1S/C9H16N2O2S/c1-6-2-7(12)5-11(4-6)9(13)3-8(10)14/h6-7,12H,2-5H2,1H3,(H2,10,14)/t6-,7+/m1/s1. The third kappa shape index (κ3) is 3.23. The molecule has 14 heavy (non-hydrogen) atoms. The Morgan fingerprint density at radius 3 is 2.79 bits per heavy atom. The number of likely N-dealkylation sites (tertiary alicyclic amines) is 1. The Balaban J connectivity index is 2.50. The largest absolute Gasteiger partial charge is 0.393 e. The SMILES string of the molecule is C[C@@H]1C[C@H](O)CN(C(=O)CC(N)=S)C1. The highest BCUT2D eigenvalue weighted by molar-refractivity contribution is 7.80. The molecule has 1 rings (SSSR count). The summed E-state index contributed by atoms with van der Waals surface area (Å²) >= 11 is 4.67. The normalized spacial score (nSPS) is 27.4. The predicted octanol–water partition coefficient (Wildman–Crippen LogP) is -0.108. The van der Waals surface area contributed by atoms with E-state index in [0.717, 1.165) is 6.42 Å². The highest BCUT2D eigenvalue weighted by Gasteiger charge is 2.26. The quantitative estimate of drug-likeness (QED) is 0.632. The second kappa shape index (κ2) is 4.70. The van der Waals surface area contributed by atoms with E-state index in [0.29, 0.717) is 19.0 Å². The number of rotatable bonds is 2. The monoisotopic (exact) mass is 216 g/mol. The van der Waals surface area contributed by atoms with Crippen LogP contribution in [0.4, 0.5) is 0 Å². The fraction of sp³-hybridized carbons (Fsp3) is 0.778. The second-order valence-electron chi connectivity index (χ2n) is 3.94. The Morgan fingerprint density at radius 2 is 2.29 bits per heavy atom. The van der Waals surface area contributed by atoms with Gasteiger partial charge in [-0.1, -0.05) is 19.1 Å². The van der Waals surface area contributed by atoms with Gasteiger partial charge in [0.25, 0.3) is 0 Å². The minimum atomic E-state index is -0.408. The zero-order valence-electron chi connectivity index (χ0n) is 8.27. The Bertz CT molecular complexity index is 235.